The van der Waals surface area contributed by atoms with Gasteiger partial charge in [0.2, 0.25) is 5.91 Å². The van der Waals surface area contributed by atoms with Crippen LogP contribution in [0.3, 0.4) is 0 Å². The van der Waals surface area contributed by atoms with E-state index in [2.05, 4.69) is 10.6 Å². The molecule has 1 saturated heterocycles. The second-order valence-corrected chi connectivity index (χ2v) is 7.25. The van der Waals surface area contributed by atoms with Crippen LogP contribution in [0.1, 0.15) is 5.76 Å². The summed E-state index contributed by atoms with van der Waals surface area (Å²) in [6.07, 6.45) is 1.27. The van der Waals surface area contributed by atoms with E-state index < -0.39 is 35.1 Å². The number of nitrogens with zero attached hydrogens (tertiary/aromatic N) is 2. The third-order valence-corrected chi connectivity index (χ3v) is 4.99. The van der Waals surface area contributed by atoms with Crippen LogP contribution in [0.25, 0.3) is 17.4 Å². The van der Waals surface area contributed by atoms with Gasteiger partial charge in [0.15, 0.2) is 0 Å². The molecule has 1 aliphatic heterocycles. The third-order valence-electron chi connectivity index (χ3n) is 4.99. The molecule has 1 aromatic heterocycles. The lowest BCUT2D eigenvalue weighted by molar-refractivity contribution is -0.384. The second-order valence-electron chi connectivity index (χ2n) is 7.25. The number of nitro benzene ring substituents is 1. The Labute approximate surface area is 196 Å². The van der Waals surface area contributed by atoms with Gasteiger partial charge in [-0.05, 0) is 30.3 Å². The first-order chi connectivity index (χ1) is 16.8. The van der Waals surface area contributed by atoms with Gasteiger partial charge in [0, 0.05) is 12.1 Å². The summed E-state index contributed by atoms with van der Waals surface area (Å²) in [5.41, 5.74) is 0.0734. The predicted molar refractivity (Wildman–Crippen MR) is 121 cm³/mol. The second kappa shape index (κ2) is 9.47. The number of furan rings is 1. The van der Waals surface area contributed by atoms with E-state index in [-0.39, 0.29) is 28.6 Å². The number of carbonyl (C=O) groups excluding carboxylic acids is 3. The van der Waals surface area contributed by atoms with Gasteiger partial charge in [-0.25, -0.2) is 14.1 Å². The van der Waals surface area contributed by atoms with Crippen LogP contribution in [-0.2, 0) is 9.59 Å². The topological polar surface area (TPSA) is 144 Å². The Bertz CT molecular complexity index is 1380. The number of benzene rings is 2. The molecule has 0 spiro atoms. The molecule has 11 nitrogen and oxygen atoms in total. The highest BCUT2D eigenvalue weighted by Gasteiger charge is 2.35. The summed E-state index contributed by atoms with van der Waals surface area (Å²) >= 11 is 0. The number of hydrogen-bond acceptors (Lipinski definition) is 7. The van der Waals surface area contributed by atoms with Crippen LogP contribution in [0.15, 0.2) is 64.7 Å². The minimum Gasteiger partial charge on any atom is -0.496 e. The molecule has 2 N–H and O–H groups in total. The van der Waals surface area contributed by atoms with Crippen molar-refractivity contribution in [1.82, 2.24) is 10.2 Å². The molecule has 0 unspecified atom stereocenters. The summed E-state index contributed by atoms with van der Waals surface area (Å²) in [6, 6.07) is 11.8. The molecule has 12 heteroatoms. The molecule has 3 aromatic rings. The molecule has 0 radical (unpaired) electrons. The monoisotopic (exact) mass is 480 g/mol. The Balaban J connectivity index is 1.49. The van der Waals surface area contributed by atoms with E-state index >= 15 is 0 Å². The minimum atomic E-state index is -0.825. The number of anilines is 1. The van der Waals surface area contributed by atoms with Gasteiger partial charge in [-0.3, -0.25) is 19.7 Å². The van der Waals surface area contributed by atoms with Crippen molar-refractivity contribution in [2.45, 2.75) is 0 Å². The number of ether oxygens (including phenoxy) is 1. The number of methoxy groups -OCH3 is 1. The van der Waals surface area contributed by atoms with Crippen molar-refractivity contribution < 1.29 is 32.9 Å². The van der Waals surface area contributed by atoms with Gasteiger partial charge in [0.25, 0.3) is 11.6 Å². The van der Waals surface area contributed by atoms with Crippen molar-refractivity contribution in [3.63, 3.8) is 0 Å². The molecule has 2 aromatic carbocycles. The minimum absolute atomic E-state index is 0.0786. The van der Waals surface area contributed by atoms with Gasteiger partial charge in [-0.15, -0.1) is 0 Å². The van der Waals surface area contributed by atoms with E-state index in [9.17, 15) is 28.9 Å². The molecule has 35 heavy (non-hydrogen) atoms. The zero-order valence-corrected chi connectivity index (χ0v) is 18.1. The lowest BCUT2D eigenvalue weighted by Gasteiger charge is -2.12. The molecule has 0 saturated carbocycles. The van der Waals surface area contributed by atoms with Crippen molar-refractivity contribution in [3.05, 3.63) is 82.0 Å². The number of amides is 4. The Hall–Kier alpha value is -5.00. The highest BCUT2D eigenvalue weighted by Crippen LogP contribution is 2.34. The average molecular weight is 480 g/mol. The lowest BCUT2D eigenvalue weighted by atomic mass is 10.1. The van der Waals surface area contributed by atoms with Gasteiger partial charge in [0.05, 0.1) is 29.4 Å². The van der Waals surface area contributed by atoms with Crippen molar-refractivity contribution in [1.29, 1.82) is 0 Å². The van der Waals surface area contributed by atoms with Gasteiger partial charge in [-0.1, -0.05) is 12.1 Å². The Morgan fingerprint density at radius 2 is 2.00 bits per heavy atom. The first kappa shape index (κ1) is 23.2. The van der Waals surface area contributed by atoms with Crippen LogP contribution >= 0.6 is 0 Å². The van der Waals surface area contributed by atoms with Crippen LogP contribution in [0.4, 0.5) is 20.6 Å². The zero-order chi connectivity index (χ0) is 25.1. The maximum absolute atomic E-state index is 13.7. The number of hydrogen-bond donors (Lipinski definition) is 2. The summed E-state index contributed by atoms with van der Waals surface area (Å²) in [7, 11) is 1.36. The largest absolute Gasteiger partial charge is 0.496 e. The summed E-state index contributed by atoms with van der Waals surface area (Å²) in [5, 5.41) is 15.6. The molecule has 1 aliphatic rings. The normalized spacial score (nSPS) is 14.2. The molecule has 4 rings (SSSR count). The maximum Gasteiger partial charge on any atom is 0.329 e. The summed E-state index contributed by atoms with van der Waals surface area (Å²) < 4.78 is 24.6. The highest BCUT2D eigenvalue weighted by molar-refractivity contribution is 6.15. The van der Waals surface area contributed by atoms with E-state index in [1.165, 1.54) is 55.7 Å². The molecule has 2 heterocycles. The molecule has 178 valence electrons. The van der Waals surface area contributed by atoms with Crippen LogP contribution < -0.4 is 15.4 Å². The number of nitrogens with one attached hydrogen (secondary N) is 2. The highest BCUT2D eigenvalue weighted by atomic mass is 19.1. The van der Waals surface area contributed by atoms with E-state index in [1.807, 2.05) is 0 Å². The number of non-ortho nitro benzene ring substituents is 1. The average Bonchev–Trinajstić information content (AvgIpc) is 3.40. The van der Waals surface area contributed by atoms with Crippen molar-refractivity contribution in [2.24, 2.45) is 0 Å². The molecule has 1 fully saturated rings. The van der Waals surface area contributed by atoms with Crippen LogP contribution in [0.2, 0.25) is 0 Å². The van der Waals surface area contributed by atoms with Crippen LogP contribution in [-0.4, -0.2) is 41.3 Å². The number of nitro groups is 1. The molecular weight excluding hydrogens is 463 g/mol. The summed E-state index contributed by atoms with van der Waals surface area (Å²) in [4.78, 5) is 48.2. The van der Waals surface area contributed by atoms with Gasteiger partial charge >= 0.3 is 6.03 Å². The standard InChI is InChI=1S/C23H17FN4O7/c1-34-20-10-13(28(32)33)6-8-15(20)19-9-7-14(35-19)11-18-22(30)27(23(31)26-18)12-21(29)25-17-5-3-2-4-16(17)24/h2-11H,12H2,1H3,(H,25,29)(H,26,31)/b18-11+. The first-order valence-corrected chi connectivity index (χ1v) is 10.1. The van der Waals surface area contributed by atoms with E-state index in [1.54, 1.807) is 6.07 Å². The molecule has 0 aliphatic carbocycles. The van der Waals surface area contributed by atoms with Crippen LogP contribution in [0, 0.1) is 15.9 Å². The number of para-hydroxylation sites is 1. The van der Waals surface area contributed by atoms with Crippen LogP contribution in [0.5, 0.6) is 5.75 Å². The SMILES string of the molecule is COc1cc([N+](=O)[O-])ccc1-c1ccc(/C=C2/NC(=O)N(CC(=O)Nc3ccccc3F)C2=O)o1. The molecular formula is C23H17FN4O7. The summed E-state index contributed by atoms with van der Waals surface area (Å²) in [5.74, 6) is -1.47. The Morgan fingerprint density at radius 3 is 2.71 bits per heavy atom. The Morgan fingerprint density at radius 1 is 1.23 bits per heavy atom. The van der Waals surface area contributed by atoms with Crippen molar-refractivity contribution in [2.75, 3.05) is 19.0 Å². The van der Waals surface area contributed by atoms with Gasteiger partial charge < -0.3 is 19.8 Å². The number of halogens is 1. The quantitative estimate of drug-likeness (QED) is 0.228. The van der Waals surface area contributed by atoms with E-state index in [0.29, 0.717) is 16.2 Å². The summed E-state index contributed by atoms with van der Waals surface area (Å²) in [6.45, 7) is -0.625. The fraction of sp³-hybridized carbons (Fsp3) is 0.0870. The lowest BCUT2D eigenvalue weighted by Crippen LogP contribution is -2.38. The maximum atomic E-state index is 13.7. The number of urea groups is 1. The van der Waals surface area contributed by atoms with Gasteiger partial charge in [0.1, 0.15) is 35.3 Å². The van der Waals surface area contributed by atoms with Gasteiger partial charge in [-0.2, -0.15) is 0 Å². The number of imide groups is 1. The fourth-order valence-electron chi connectivity index (χ4n) is 3.33. The smallest absolute Gasteiger partial charge is 0.329 e. The predicted octanol–water partition coefficient (Wildman–Crippen LogP) is 3.53. The van der Waals surface area contributed by atoms with E-state index in [4.69, 9.17) is 9.15 Å². The van der Waals surface area contributed by atoms with Crippen molar-refractivity contribution >= 4 is 35.3 Å². The molecule has 0 bridgehead atoms. The van der Waals surface area contributed by atoms with E-state index in [0.717, 1.165) is 6.07 Å². The third kappa shape index (κ3) is 4.85. The first-order valence-electron chi connectivity index (χ1n) is 10.1. The van der Waals surface area contributed by atoms with Crippen molar-refractivity contribution in [3.8, 4) is 17.1 Å². The zero-order valence-electron chi connectivity index (χ0n) is 18.1. The molecule has 4 amide bonds. The number of rotatable bonds is 7. The fourth-order valence-corrected chi connectivity index (χ4v) is 3.33. The number of carbonyl (C=O) groups is 3. The Kier molecular flexibility index (Phi) is 6.27. The molecule has 0 atom stereocenters.